The zero-order valence-electron chi connectivity index (χ0n) is 9.36. The number of hydrogen-bond donors (Lipinski definition) is 2. The van der Waals surface area contributed by atoms with E-state index in [9.17, 15) is 13.6 Å². The molecular weight excluding hydrogens is 234 g/mol. The van der Waals surface area contributed by atoms with Crippen LogP contribution in [0.4, 0.5) is 8.78 Å². The number of primary amides is 1. The molecule has 17 heavy (non-hydrogen) atoms. The van der Waals surface area contributed by atoms with Crippen molar-refractivity contribution in [3.05, 3.63) is 11.4 Å². The number of carbonyl (C=O) groups is 1. The molecule has 1 rings (SSSR count). The van der Waals surface area contributed by atoms with Crippen LogP contribution in [-0.2, 0) is 13.0 Å². The smallest absolute Gasteiger partial charge is 0.289 e. The van der Waals surface area contributed by atoms with E-state index >= 15 is 0 Å². The lowest BCUT2D eigenvalue weighted by Crippen LogP contribution is -2.29. The Morgan fingerprint density at radius 2 is 2.24 bits per heavy atom. The highest BCUT2D eigenvalue weighted by atomic mass is 19.3. The molecule has 0 saturated heterocycles. The van der Waals surface area contributed by atoms with E-state index < -0.39 is 25.0 Å². The van der Waals surface area contributed by atoms with Gasteiger partial charge in [0.2, 0.25) is 0 Å². The maximum Gasteiger partial charge on any atom is 0.289 e. The van der Waals surface area contributed by atoms with Gasteiger partial charge in [-0.25, -0.2) is 13.5 Å². The molecule has 0 saturated carbocycles. The van der Waals surface area contributed by atoms with Gasteiger partial charge in [0, 0.05) is 0 Å². The van der Waals surface area contributed by atoms with E-state index in [-0.39, 0.29) is 11.4 Å². The lowest BCUT2D eigenvalue weighted by Gasteiger charge is -2.14. The molecule has 0 unspecified atom stereocenters. The molecule has 0 fully saturated rings. The van der Waals surface area contributed by atoms with Gasteiger partial charge in [-0.05, 0) is 6.42 Å². The van der Waals surface area contributed by atoms with E-state index in [0.717, 1.165) is 4.68 Å². The second-order valence-corrected chi connectivity index (χ2v) is 3.67. The van der Waals surface area contributed by atoms with Crippen LogP contribution in [0.2, 0.25) is 0 Å². The van der Waals surface area contributed by atoms with Gasteiger partial charge in [0.25, 0.3) is 11.8 Å². The fraction of sp³-hybridized carbons (Fsp3) is 0.667. The predicted molar refractivity (Wildman–Crippen MR) is 54.6 cm³/mol. The second-order valence-electron chi connectivity index (χ2n) is 3.67. The summed E-state index contributed by atoms with van der Waals surface area (Å²) in [4.78, 5) is 11.0. The minimum absolute atomic E-state index is 0.0967. The third-order valence-electron chi connectivity index (χ3n) is 2.17. The normalized spacial score (nSPS) is 11.8. The van der Waals surface area contributed by atoms with Gasteiger partial charge in [-0.2, -0.15) is 0 Å². The lowest BCUT2D eigenvalue weighted by molar-refractivity contribution is -0.0660. The third-order valence-corrected chi connectivity index (χ3v) is 2.17. The average molecular weight is 248 g/mol. The van der Waals surface area contributed by atoms with Crippen LogP contribution in [0.15, 0.2) is 0 Å². The molecule has 1 aromatic heterocycles. The summed E-state index contributed by atoms with van der Waals surface area (Å²) in [5.41, 5.74) is 5.24. The molecule has 1 aromatic rings. The standard InChI is InChI=1S/C9H14F2N4O2/c1-2-3-6-7(8(12)17)13-14-15(6)4-9(10,11)5-16/h16H,2-5H2,1H3,(H2,12,17). The van der Waals surface area contributed by atoms with E-state index in [1.165, 1.54) is 0 Å². The Labute approximate surface area is 96.4 Å². The van der Waals surface area contributed by atoms with Crippen LogP contribution >= 0.6 is 0 Å². The Kier molecular flexibility index (Phi) is 4.11. The average Bonchev–Trinajstić information content (AvgIpc) is 2.62. The number of nitrogens with two attached hydrogens (primary N) is 1. The van der Waals surface area contributed by atoms with Crippen molar-refractivity contribution in [2.24, 2.45) is 5.73 Å². The molecule has 96 valence electrons. The van der Waals surface area contributed by atoms with Gasteiger partial charge in [-0.1, -0.05) is 18.6 Å². The van der Waals surface area contributed by atoms with Crippen LogP contribution in [0.5, 0.6) is 0 Å². The molecule has 0 bridgehead atoms. The Hall–Kier alpha value is -1.57. The summed E-state index contributed by atoms with van der Waals surface area (Å²) in [5.74, 6) is -4.10. The van der Waals surface area contributed by atoms with Gasteiger partial charge in [0.05, 0.1) is 5.69 Å². The highest BCUT2D eigenvalue weighted by molar-refractivity contribution is 5.91. The maximum atomic E-state index is 13.0. The maximum absolute atomic E-state index is 13.0. The molecule has 0 atom stereocenters. The first-order valence-corrected chi connectivity index (χ1v) is 5.12. The van der Waals surface area contributed by atoms with E-state index in [1.54, 1.807) is 0 Å². The first kappa shape index (κ1) is 13.5. The Balaban J connectivity index is 3.03. The van der Waals surface area contributed by atoms with Crippen molar-refractivity contribution in [1.29, 1.82) is 0 Å². The van der Waals surface area contributed by atoms with E-state index in [4.69, 9.17) is 10.8 Å². The molecule has 8 heteroatoms. The largest absolute Gasteiger partial charge is 0.390 e. The van der Waals surface area contributed by atoms with Crippen LogP contribution in [0.1, 0.15) is 29.5 Å². The van der Waals surface area contributed by atoms with Gasteiger partial charge in [-0.15, -0.1) is 5.10 Å². The first-order chi connectivity index (χ1) is 7.91. The van der Waals surface area contributed by atoms with Gasteiger partial charge < -0.3 is 10.8 Å². The summed E-state index contributed by atoms with van der Waals surface area (Å²) in [6, 6.07) is 0. The number of aliphatic hydroxyl groups is 1. The zero-order chi connectivity index (χ0) is 13.1. The topological polar surface area (TPSA) is 94.0 Å². The summed E-state index contributed by atoms with van der Waals surface area (Å²) in [5, 5.41) is 15.4. The highest BCUT2D eigenvalue weighted by Gasteiger charge is 2.31. The second kappa shape index (κ2) is 5.17. The molecule has 1 amide bonds. The minimum Gasteiger partial charge on any atom is -0.390 e. The van der Waals surface area contributed by atoms with Gasteiger partial charge in [0.15, 0.2) is 5.69 Å². The number of rotatable bonds is 6. The Morgan fingerprint density at radius 1 is 1.59 bits per heavy atom. The number of hydrogen-bond acceptors (Lipinski definition) is 4. The third kappa shape index (κ3) is 3.19. The summed E-state index contributed by atoms with van der Waals surface area (Å²) in [6.07, 6.45) is 1.01. The molecule has 6 nitrogen and oxygen atoms in total. The summed E-state index contributed by atoms with van der Waals surface area (Å²) in [6.45, 7) is -0.282. The van der Waals surface area contributed by atoms with Crippen molar-refractivity contribution in [2.45, 2.75) is 32.2 Å². The Morgan fingerprint density at radius 3 is 2.71 bits per heavy atom. The first-order valence-electron chi connectivity index (χ1n) is 5.12. The fourth-order valence-corrected chi connectivity index (χ4v) is 1.40. The number of amides is 1. The van der Waals surface area contributed by atoms with Crippen molar-refractivity contribution in [3.63, 3.8) is 0 Å². The summed E-state index contributed by atoms with van der Waals surface area (Å²) in [7, 11) is 0. The number of aliphatic hydroxyl groups excluding tert-OH is 1. The lowest BCUT2D eigenvalue weighted by atomic mass is 10.2. The van der Waals surface area contributed by atoms with Gasteiger partial charge in [-0.3, -0.25) is 4.79 Å². The molecule has 0 aliphatic heterocycles. The van der Waals surface area contributed by atoms with Crippen molar-refractivity contribution in [3.8, 4) is 0 Å². The predicted octanol–water partition coefficient (Wildman–Crippen LogP) is -0.0429. The van der Waals surface area contributed by atoms with Crippen LogP contribution < -0.4 is 5.73 Å². The highest BCUT2D eigenvalue weighted by Crippen LogP contribution is 2.17. The van der Waals surface area contributed by atoms with Crippen molar-refractivity contribution in [1.82, 2.24) is 15.0 Å². The van der Waals surface area contributed by atoms with Crippen molar-refractivity contribution < 1.29 is 18.7 Å². The van der Waals surface area contributed by atoms with Crippen LogP contribution in [-0.4, -0.2) is 38.5 Å². The minimum atomic E-state index is -3.30. The number of nitrogens with zero attached hydrogens (tertiary/aromatic N) is 3. The molecule has 1 heterocycles. The van der Waals surface area contributed by atoms with Crippen LogP contribution in [0.3, 0.4) is 0 Å². The molecule has 3 N–H and O–H groups in total. The van der Waals surface area contributed by atoms with Crippen LogP contribution in [0, 0.1) is 0 Å². The monoisotopic (exact) mass is 248 g/mol. The molecule has 0 radical (unpaired) electrons. The van der Waals surface area contributed by atoms with Crippen molar-refractivity contribution >= 4 is 5.91 Å². The summed E-state index contributed by atoms with van der Waals surface area (Å²) < 4.78 is 26.9. The fourth-order valence-electron chi connectivity index (χ4n) is 1.40. The van der Waals surface area contributed by atoms with Crippen molar-refractivity contribution in [2.75, 3.05) is 6.61 Å². The number of alkyl halides is 2. The number of halogens is 2. The number of aromatic nitrogens is 3. The van der Waals surface area contributed by atoms with E-state index in [1.807, 2.05) is 6.92 Å². The quantitative estimate of drug-likeness (QED) is 0.738. The SMILES string of the molecule is CCCc1c(C(N)=O)nnn1CC(F)(F)CO. The molecule has 0 aliphatic carbocycles. The molecular formula is C9H14F2N4O2. The Bertz CT molecular complexity index is 406. The molecule has 0 aromatic carbocycles. The van der Waals surface area contributed by atoms with E-state index in [2.05, 4.69) is 10.3 Å². The zero-order valence-corrected chi connectivity index (χ0v) is 9.36. The number of carbonyl (C=O) groups excluding carboxylic acids is 1. The summed E-state index contributed by atoms with van der Waals surface area (Å²) >= 11 is 0. The van der Waals surface area contributed by atoms with Gasteiger partial charge in [0.1, 0.15) is 13.2 Å². The van der Waals surface area contributed by atoms with Crippen LogP contribution in [0.25, 0.3) is 0 Å². The molecule has 0 aliphatic rings. The molecule has 0 spiro atoms. The van der Waals surface area contributed by atoms with Gasteiger partial charge >= 0.3 is 0 Å². The van der Waals surface area contributed by atoms with E-state index in [0.29, 0.717) is 12.8 Å².